The molecule has 0 saturated carbocycles. The van der Waals surface area contributed by atoms with E-state index in [1.165, 1.54) is 5.56 Å². The van der Waals surface area contributed by atoms with Crippen molar-refractivity contribution < 1.29 is 4.79 Å². The first-order valence-corrected chi connectivity index (χ1v) is 8.38. The summed E-state index contributed by atoms with van der Waals surface area (Å²) in [5.74, 6) is 1.48. The van der Waals surface area contributed by atoms with Crippen molar-refractivity contribution in [3.63, 3.8) is 0 Å². The lowest BCUT2D eigenvalue weighted by Gasteiger charge is -2.31. The first kappa shape index (κ1) is 14.9. The molecule has 24 heavy (non-hydrogen) atoms. The van der Waals surface area contributed by atoms with Gasteiger partial charge in [-0.15, -0.1) is 10.2 Å². The molecule has 0 bridgehead atoms. The smallest absolute Gasteiger partial charge is 0.253 e. The highest BCUT2D eigenvalue weighted by Gasteiger charge is 2.27. The van der Waals surface area contributed by atoms with Crippen LogP contribution in [-0.2, 0) is 0 Å². The van der Waals surface area contributed by atoms with E-state index in [2.05, 4.69) is 14.6 Å². The standard InChI is InChI=1S/C19H20N4O/c1-14-5-7-16(8-6-14)19(24)22-12-9-15(10-13-22)18-21-20-17-4-2-3-11-23(17)18/h2-8,11,15H,9-10,12-13H2,1H3. The van der Waals surface area contributed by atoms with Gasteiger partial charge < -0.3 is 4.90 Å². The first-order chi connectivity index (χ1) is 11.7. The molecular weight excluding hydrogens is 300 g/mol. The van der Waals surface area contributed by atoms with Gasteiger partial charge in [0.1, 0.15) is 5.82 Å². The van der Waals surface area contributed by atoms with E-state index < -0.39 is 0 Å². The molecule has 0 aliphatic carbocycles. The maximum Gasteiger partial charge on any atom is 0.253 e. The molecule has 1 aliphatic heterocycles. The number of likely N-dealkylation sites (tertiary alicyclic amines) is 1. The number of amides is 1. The molecule has 1 saturated heterocycles. The average molecular weight is 320 g/mol. The largest absolute Gasteiger partial charge is 0.339 e. The topological polar surface area (TPSA) is 50.5 Å². The van der Waals surface area contributed by atoms with Crippen LogP contribution in [0.25, 0.3) is 5.65 Å². The number of hydrogen-bond acceptors (Lipinski definition) is 3. The second-order valence-corrected chi connectivity index (χ2v) is 6.42. The van der Waals surface area contributed by atoms with Crippen LogP contribution in [0.5, 0.6) is 0 Å². The Labute approximate surface area is 140 Å². The van der Waals surface area contributed by atoms with Crippen molar-refractivity contribution in [3.05, 3.63) is 65.6 Å². The van der Waals surface area contributed by atoms with Gasteiger partial charge in [-0.05, 0) is 44.0 Å². The molecular formula is C19H20N4O. The van der Waals surface area contributed by atoms with Crippen LogP contribution in [0.4, 0.5) is 0 Å². The fourth-order valence-corrected chi connectivity index (χ4v) is 3.36. The van der Waals surface area contributed by atoms with Gasteiger partial charge in [0.2, 0.25) is 0 Å². The molecule has 0 unspecified atom stereocenters. The molecule has 0 spiro atoms. The lowest BCUT2D eigenvalue weighted by molar-refractivity contribution is 0.0711. The Morgan fingerprint density at radius 2 is 1.79 bits per heavy atom. The maximum atomic E-state index is 12.6. The Hall–Kier alpha value is -2.69. The van der Waals surface area contributed by atoms with Crippen LogP contribution in [0.15, 0.2) is 48.7 Å². The van der Waals surface area contributed by atoms with Gasteiger partial charge in [-0.3, -0.25) is 9.20 Å². The summed E-state index contributed by atoms with van der Waals surface area (Å²) in [5, 5.41) is 8.60. The number of carbonyl (C=O) groups excluding carboxylic acids is 1. The molecule has 3 heterocycles. The third kappa shape index (κ3) is 2.66. The Balaban J connectivity index is 1.47. The summed E-state index contributed by atoms with van der Waals surface area (Å²) in [6, 6.07) is 13.7. The number of benzene rings is 1. The van der Waals surface area contributed by atoms with Crippen LogP contribution in [0.2, 0.25) is 0 Å². The lowest BCUT2D eigenvalue weighted by Crippen LogP contribution is -2.38. The van der Waals surface area contributed by atoms with Gasteiger partial charge >= 0.3 is 0 Å². The summed E-state index contributed by atoms with van der Waals surface area (Å²) < 4.78 is 2.06. The molecule has 2 aromatic heterocycles. The highest BCUT2D eigenvalue weighted by Crippen LogP contribution is 2.27. The normalized spacial score (nSPS) is 15.8. The number of aromatic nitrogens is 3. The van der Waals surface area contributed by atoms with E-state index in [1.54, 1.807) is 0 Å². The fourth-order valence-electron chi connectivity index (χ4n) is 3.36. The number of fused-ring (bicyclic) bond motifs is 1. The molecule has 5 heteroatoms. The van der Waals surface area contributed by atoms with Gasteiger partial charge in [-0.25, -0.2) is 0 Å². The van der Waals surface area contributed by atoms with E-state index >= 15 is 0 Å². The van der Waals surface area contributed by atoms with Gasteiger partial charge in [-0.2, -0.15) is 0 Å². The van der Waals surface area contributed by atoms with Gasteiger partial charge in [0, 0.05) is 30.8 Å². The minimum atomic E-state index is 0.125. The molecule has 1 fully saturated rings. The molecule has 1 aromatic carbocycles. The number of rotatable bonds is 2. The Morgan fingerprint density at radius 1 is 1.04 bits per heavy atom. The maximum absolute atomic E-state index is 12.6. The van der Waals surface area contributed by atoms with Crippen molar-refractivity contribution >= 4 is 11.6 Å². The summed E-state index contributed by atoms with van der Waals surface area (Å²) in [6.07, 6.45) is 3.86. The minimum Gasteiger partial charge on any atom is -0.339 e. The predicted octanol–water partition coefficient (Wildman–Crippen LogP) is 3.06. The van der Waals surface area contributed by atoms with E-state index in [-0.39, 0.29) is 5.91 Å². The number of carbonyl (C=O) groups is 1. The van der Waals surface area contributed by atoms with Crippen LogP contribution in [0.1, 0.15) is 40.5 Å². The molecule has 1 aliphatic rings. The zero-order valence-electron chi connectivity index (χ0n) is 13.7. The number of piperidine rings is 1. The molecule has 0 N–H and O–H groups in total. The van der Waals surface area contributed by atoms with Crippen LogP contribution in [-0.4, -0.2) is 38.5 Å². The third-order valence-electron chi connectivity index (χ3n) is 4.79. The summed E-state index contributed by atoms with van der Waals surface area (Å²) in [4.78, 5) is 14.6. The van der Waals surface area contributed by atoms with E-state index in [1.807, 2.05) is 60.5 Å². The van der Waals surface area contributed by atoms with Crippen molar-refractivity contribution in [2.45, 2.75) is 25.7 Å². The Kier molecular flexibility index (Phi) is 3.76. The number of pyridine rings is 1. The Morgan fingerprint density at radius 3 is 2.54 bits per heavy atom. The van der Waals surface area contributed by atoms with Crippen molar-refractivity contribution in [3.8, 4) is 0 Å². The van der Waals surface area contributed by atoms with E-state index in [4.69, 9.17) is 0 Å². The first-order valence-electron chi connectivity index (χ1n) is 8.38. The minimum absolute atomic E-state index is 0.125. The number of aryl methyl sites for hydroxylation is 1. The molecule has 122 valence electrons. The number of nitrogens with zero attached hydrogens (tertiary/aromatic N) is 4. The summed E-state index contributed by atoms with van der Waals surface area (Å²) in [5.41, 5.74) is 2.82. The molecule has 5 nitrogen and oxygen atoms in total. The summed E-state index contributed by atoms with van der Waals surface area (Å²) >= 11 is 0. The van der Waals surface area contributed by atoms with E-state index in [0.29, 0.717) is 5.92 Å². The quantitative estimate of drug-likeness (QED) is 0.729. The van der Waals surface area contributed by atoms with Gasteiger partial charge in [-0.1, -0.05) is 23.8 Å². The van der Waals surface area contributed by atoms with Crippen molar-refractivity contribution in [2.24, 2.45) is 0 Å². The predicted molar refractivity (Wildman–Crippen MR) is 92.0 cm³/mol. The van der Waals surface area contributed by atoms with Gasteiger partial charge in [0.25, 0.3) is 5.91 Å². The SMILES string of the molecule is Cc1ccc(C(=O)N2CCC(c3nnc4ccccn34)CC2)cc1. The second kappa shape index (κ2) is 6.07. The zero-order chi connectivity index (χ0) is 16.5. The van der Waals surface area contributed by atoms with Gasteiger partial charge in [0.15, 0.2) is 5.65 Å². The highest BCUT2D eigenvalue weighted by molar-refractivity contribution is 5.94. The lowest BCUT2D eigenvalue weighted by atomic mass is 9.95. The fraction of sp³-hybridized carbons (Fsp3) is 0.316. The molecule has 1 amide bonds. The zero-order valence-corrected chi connectivity index (χ0v) is 13.7. The van der Waals surface area contributed by atoms with Crippen molar-refractivity contribution in [2.75, 3.05) is 13.1 Å². The van der Waals surface area contributed by atoms with E-state index in [9.17, 15) is 4.79 Å². The van der Waals surface area contributed by atoms with Crippen LogP contribution in [0, 0.1) is 6.92 Å². The summed E-state index contributed by atoms with van der Waals surface area (Å²) in [7, 11) is 0. The Bertz CT molecular complexity index is 860. The molecule has 0 atom stereocenters. The van der Waals surface area contributed by atoms with Crippen molar-refractivity contribution in [1.29, 1.82) is 0 Å². The molecule has 0 radical (unpaired) electrons. The van der Waals surface area contributed by atoms with Crippen LogP contribution < -0.4 is 0 Å². The monoisotopic (exact) mass is 320 g/mol. The highest BCUT2D eigenvalue weighted by atomic mass is 16.2. The number of hydrogen-bond donors (Lipinski definition) is 0. The molecule has 4 rings (SSSR count). The second-order valence-electron chi connectivity index (χ2n) is 6.42. The van der Waals surface area contributed by atoms with Crippen LogP contribution in [0.3, 0.4) is 0 Å². The average Bonchev–Trinajstić information content (AvgIpc) is 3.06. The summed E-state index contributed by atoms with van der Waals surface area (Å²) in [6.45, 7) is 3.56. The van der Waals surface area contributed by atoms with Crippen molar-refractivity contribution in [1.82, 2.24) is 19.5 Å². The van der Waals surface area contributed by atoms with Crippen LogP contribution >= 0.6 is 0 Å². The third-order valence-corrected chi connectivity index (χ3v) is 4.79. The van der Waals surface area contributed by atoms with E-state index in [0.717, 1.165) is 43.0 Å². The molecule has 3 aromatic rings. The van der Waals surface area contributed by atoms with Gasteiger partial charge in [0.05, 0.1) is 0 Å².